The number of rotatable bonds is 6. The first-order chi connectivity index (χ1) is 9.49. The second-order valence-corrected chi connectivity index (χ2v) is 7.41. The van der Waals surface area contributed by atoms with E-state index in [0.29, 0.717) is 6.61 Å². The van der Waals surface area contributed by atoms with Crippen LogP contribution in [0.5, 0.6) is 5.75 Å². The molecule has 0 atom stereocenters. The Balaban J connectivity index is 2.14. The molecule has 0 bridgehead atoms. The minimum atomic E-state index is 0.260. The number of para-hydroxylation sites is 1. The average molecular weight is 292 g/mol. The molecule has 0 fully saturated rings. The Morgan fingerprint density at radius 1 is 1.25 bits per heavy atom. The van der Waals surface area contributed by atoms with E-state index in [1.54, 1.807) is 11.3 Å². The summed E-state index contributed by atoms with van der Waals surface area (Å²) in [5, 5.41) is 1.19. The minimum absolute atomic E-state index is 0.260. The van der Waals surface area contributed by atoms with Gasteiger partial charge < -0.3 is 10.5 Å². The fourth-order valence-electron chi connectivity index (χ4n) is 2.04. The summed E-state index contributed by atoms with van der Waals surface area (Å²) in [4.78, 5) is 4.77. The van der Waals surface area contributed by atoms with Crippen LogP contribution in [0.25, 0.3) is 10.2 Å². The number of hydrogen-bond donors (Lipinski definition) is 1. The maximum Gasteiger partial charge on any atom is 0.146 e. The monoisotopic (exact) mass is 292 g/mol. The molecule has 20 heavy (non-hydrogen) atoms. The van der Waals surface area contributed by atoms with Gasteiger partial charge in [0.1, 0.15) is 11.3 Å². The van der Waals surface area contributed by atoms with Crippen LogP contribution in [0.15, 0.2) is 18.2 Å². The molecular formula is C16H24N2OS. The van der Waals surface area contributed by atoms with Gasteiger partial charge in [0.05, 0.1) is 16.3 Å². The second-order valence-electron chi connectivity index (χ2n) is 6.29. The normalized spacial score (nSPS) is 12.0. The second kappa shape index (κ2) is 6.55. The van der Waals surface area contributed by atoms with Gasteiger partial charge in [-0.25, -0.2) is 4.98 Å². The number of ether oxygens (including phenoxy) is 1. The third-order valence-corrected chi connectivity index (χ3v) is 3.98. The molecule has 2 aromatic rings. The molecule has 0 saturated heterocycles. The van der Waals surface area contributed by atoms with Gasteiger partial charge in [-0.3, -0.25) is 0 Å². The standard InChI is InChI=1S/C16H24N2OS/c1-16(2,3)11-14-18-15-12(19-10-5-4-9-17)7-6-8-13(15)20-14/h6-8H,4-5,9-11,17H2,1-3H3. The van der Waals surface area contributed by atoms with Crippen LogP contribution in [-0.4, -0.2) is 18.1 Å². The molecule has 0 aliphatic heterocycles. The van der Waals surface area contributed by atoms with E-state index < -0.39 is 0 Å². The number of hydrogen-bond acceptors (Lipinski definition) is 4. The van der Waals surface area contributed by atoms with Gasteiger partial charge in [-0.15, -0.1) is 11.3 Å². The fourth-order valence-corrected chi connectivity index (χ4v) is 3.33. The number of aromatic nitrogens is 1. The third kappa shape index (κ3) is 4.18. The molecular weight excluding hydrogens is 268 g/mol. The van der Waals surface area contributed by atoms with E-state index >= 15 is 0 Å². The Labute approximate surface area is 125 Å². The lowest BCUT2D eigenvalue weighted by Crippen LogP contribution is -2.08. The summed E-state index contributed by atoms with van der Waals surface area (Å²) in [6.45, 7) is 8.15. The molecule has 2 N–H and O–H groups in total. The lowest BCUT2D eigenvalue weighted by molar-refractivity contribution is 0.311. The Morgan fingerprint density at radius 3 is 2.75 bits per heavy atom. The topological polar surface area (TPSA) is 48.1 Å². The number of thiazole rings is 1. The van der Waals surface area contributed by atoms with Crippen LogP contribution in [0.1, 0.15) is 38.6 Å². The number of nitrogens with two attached hydrogens (primary N) is 1. The molecule has 1 aromatic heterocycles. The minimum Gasteiger partial charge on any atom is -0.491 e. The first kappa shape index (κ1) is 15.3. The van der Waals surface area contributed by atoms with Crippen LogP contribution in [-0.2, 0) is 6.42 Å². The van der Waals surface area contributed by atoms with Crippen LogP contribution >= 0.6 is 11.3 Å². The van der Waals surface area contributed by atoms with Gasteiger partial charge in [-0.05, 0) is 36.9 Å². The molecule has 2 rings (SSSR count). The first-order valence-electron chi connectivity index (χ1n) is 7.21. The molecule has 4 heteroatoms. The molecule has 0 aliphatic rings. The van der Waals surface area contributed by atoms with E-state index in [9.17, 15) is 0 Å². The highest BCUT2D eigenvalue weighted by Gasteiger charge is 2.16. The van der Waals surface area contributed by atoms with Gasteiger partial charge in [0.25, 0.3) is 0 Å². The number of unbranched alkanes of at least 4 members (excludes halogenated alkanes) is 1. The van der Waals surface area contributed by atoms with Crippen molar-refractivity contribution in [1.82, 2.24) is 4.98 Å². The largest absolute Gasteiger partial charge is 0.491 e. The summed E-state index contributed by atoms with van der Waals surface area (Å²) in [6.07, 6.45) is 2.99. The van der Waals surface area contributed by atoms with E-state index in [-0.39, 0.29) is 5.41 Å². The van der Waals surface area contributed by atoms with Crippen LogP contribution in [0.4, 0.5) is 0 Å². The van der Waals surface area contributed by atoms with E-state index in [1.807, 2.05) is 12.1 Å². The van der Waals surface area contributed by atoms with Crippen LogP contribution in [0, 0.1) is 5.41 Å². The maximum atomic E-state index is 5.85. The molecule has 1 heterocycles. The molecule has 0 saturated carbocycles. The molecule has 0 aliphatic carbocycles. The predicted molar refractivity (Wildman–Crippen MR) is 86.6 cm³/mol. The Morgan fingerprint density at radius 2 is 2.05 bits per heavy atom. The van der Waals surface area contributed by atoms with Crippen molar-refractivity contribution in [2.45, 2.75) is 40.0 Å². The Kier molecular flexibility index (Phi) is 5.00. The van der Waals surface area contributed by atoms with Gasteiger partial charge in [0.15, 0.2) is 0 Å². The van der Waals surface area contributed by atoms with Crippen LogP contribution in [0.2, 0.25) is 0 Å². The summed E-state index contributed by atoms with van der Waals surface area (Å²) in [5.41, 5.74) is 6.76. The third-order valence-electron chi connectivity index (χ3n) is 2.96. The van der Waals surface area contributed by atoms with Crippen molar-refractivity contribution in [3.8, 4) is 5.75 Å². The number of nitrogens with zero attached hydrogens (tertiary/aromatic N) is 1. The zero-order valence-electron chi connectivity index (χ0n) is 12.6. The zero-order chi connectivity index (χ0) is 14.6. The van der Waals surface area contributed by atoms with Crippen molar-refractivity contribution in [1.29, 1.82) is 0 Å². The zero-order valence-corrected chi connectivity index (χ0v) is 13.4. The molecule has 0 spiro atoms. The van der Waals surface area contributed by atoms with Crippen molar-refractivity contribution >= 4 is 21.6 Å². The number of benzene rings is 1. The van der Waals surface area contributed by atoms with E-state index in [4.69, 9.17) is 15.5 Å². The summed E-state index contributed by atoms with van der Waals surface area (Å²) in [6, 6.07) is 6.16. The fraction of sp³-hybridized carbons (Fsp3) is 0.562. The molecule has 1 aromatic carbocycles. The molecule has 0 amide bonds. The predicted octanol–water partition coefficient (Wildman–Crippen LogP) is 4.00. The highest BCUT2D eigenvalue weighted by molar-refractivity contribution is 7.18. The highest BCUT2D eigenvalue weighted by atomic mass is 32.1. The van der Waals surface area contributed by atoms with Crippen molar-refractivity contribution in [3.05, 3.63) is 23.2 Å². The van der Waals surface area contributed by atoms with Crippen molar-refractivity contribution in [3.63, 3.8) is 0 Å². The molecule has 3 nitrogen and oxygen atoms in total. The average Bonchev–Trinajstić information content (AvgIpc) is 2.75. The smallest absolute Gasteiger partial charge is 0.146 e. The van der Waals surface area contributed by atoms with Crippen LogP contribution in [0.3, 0.4) is 0 Å². The summed E-state index contributed by atoms with van der Waals surface area (Å²) in [7, 11) is 0. The lowest BCUT2D eigenvalue weighted by Gasteiger charge is -2.15. The van der Waals surface area contributed by atoms with Crippen LogP contribution < -0.4 is 10.5 Å². The quantitative estimate of drug-likeness (QED) is 0.819. The molecule has 0 radical (unpaired) electrons. The van der Waals surface area contributed by atoms with Gasteiger partial charge in [-0.2, -0.15) is 0 Å². The lowest BCUT2D eigenvalue weighted by atomic mass is 9.93. The number of fused-ring (bicyclic) bond motifs is 1. The Hall–Kier alpha value is -1.13. The maximum absolute atomic E-state index is 5.85. The first-order valence-corrected chi connectivity index (χ1v) is 8.02. The van der Waals surface area contributed by atoms with Crippen molar-refractivity contribution in [2.75, 3.05) is 13.2 Å². The van der Waals surface area contributed by atoms with Gasteiger partial charge in [-0.1, -0.05) is 26.8 Å². The Bertz CT molecular complexity index is 557. The summed E-state index contributed by atoms with van der Waals surface area (Å²) < 4.78 is 7.06. The van der Waals surface area contributed by atoms with Gasteiger partial charge >= 0.3 is 0 Å². The van der Waals surface area contributed by atoms with E-state index in [1.165, 1.54) is 9.71 Å². The van der Waals surface area contributed by atoms with Gasteiger partial charge in [0, 0.05) is 6.42 Å². The summed E-state index contributed by atoms with van der Waals surface area (Å²) >= 11 is 1.77. The molecule has 110 valence electrons. The van der Waals surface area contributed by atoms with Crippen molar-refractivity contribution in [2.24, 2.45) is 11.1 Å². The summed E-state index contributed by atoms with van der Waals surface area (Å²) in [5.74, 6) is 0.899. The molecule has 0 unspecified atom stereocenters. The van der Waals surface area contributed by atoms with Crippen molar-refractivity contribution < 1.29 is 4.74 Å². The van der Waals surface area contributed by atoms with E-state index in [0.717, 1.165) is 37.1 Å². The van der Waals surface area contributed by atoms with E-state index in [2.05, 4.69) is 26.8 Å². The SMILES string of the molecule is CC(C)(C)Cc1nc2c(OCCCCN)cccc2s1. The van der Waals surface area contributed by atoms with Gasteiger partial charge in [0.2, 0.25) is 0 Å². The highest BCUT2D eigenvalue weighted by Crippen LogP contribution is 2.32.